The van der Waals surface area contributed by atoms with Crippen LogP contribution in [0.3, 0.4) is 0 Å². The Bertz CT molecular complexity index is 1050. The van der Waals surface area contributed by atoms with Gasteiger partial charge in [-0.15, -0.1) is 16.4 Å². The van der Waals surface area contributed by atoms with E-state index in [1.807, 2.05) is 0 Å². The van der Waals surface area contributed by atoms with Crippen LogP contribution in [-0.2, 0) is 4.84 Å². The fraction of sp³-hybridized carbons (Fsp3) is 0.333. The summed E-state index contributed by atoms with van der Waals surface area (Å²) in [5.41, 5.74) is 8.73. The van der Waals surface area contributed by atoms with Gasteiger partial charge in [-0.2, -0.15) is 4.98 Å². The third-order valence-corrected chi connectivity index (χ3v) is 5.31. The number of ether oxygens (including phenoxy) is 2. The van der Waals surface area contributed by atoms with Crippen LogP contribution < -0.4 is 25.4 Å². The van der Waals surface area contributed by atoms with Gasteiger partial charge in [0.05, 0.1) is 38.5 Å². The largest absolute Gasteiger partial charge is 0.497 e. The minimum Gasteiger partial charge on any atom is -0.497 e. The third-order valence-electron chi connectivity index (χ3n) is 4.59. The highest BCUT2D eigenvalue weighted by Gasteiger charge is 2.24. The number of amides is 1. The molecule has 0 unspecified atom stereocenters. The van der Waals surface area contributed by atoms with Gasteiger partial charge in [-0.25, -0.2) is 14.8 Å². The van der Waals surface area contributed by atoms with E-state index in [-0.39, 0.29) is 5.95 Å². The number of thiazole rings is 1. The van der Waals surface area contributed by atoms with Crippen LogP contribution >= 0.6 is 11.3 Å². The Morgan fingerprint density at radius 3 is 2.70 bits per heavy atom. The van der Waals surface area contributed by atoms with Crippen LogP contribution in [0, 0.1) is 0 Å². The topological polar surface area (TPSA) is 128 Å². The summed E-state index contributed by atoms with van der Waals surface area (Å²) in [5, 5.41) is 4.29. The van der Waals surface area contributed by atoms with Crippen molar-refractivity contribution >= 4 is 45.2 Å². The zero-order chi connectivity index (χ0) is 21.1. The van der Waals surface area contributed by atoms with Crippen LogP contribution in [0.15, 0.2) is 23.7 Å². The summed E-state index contributed by atoms with van der Waals surface area (Å²) >= 11 is 1.42. The van der Waals surface area contributed by atoms with E-state index in [1.165, 1.54) is 18.4 Å². The first-order valence-electron chi connectivity index (χ1n) is 9.15. The smallest absolute Gasteiger partial charge is 0.430 e. The van der Waals surface area contributed by atoms with E-state index < -0.39 is 6.09 Å². The highest BCUT2D eigenvalue weighted by atomic mass is 32.1. The maximum absolute atomic E-state index is 12.4. The van der Waals surface area contributed by atoms with Crippen molar-refractivity contribution in [2.45, 2.75) is 0 Å². The summed E-state index contributed by atoms with van der Waals surface area (Å²) in [6, 6.07) is 5.12. The van der Waals surface area contributed by atoms with Gasteiger partial charge in [-0.1, -0.05) is 0 Å². The highest BCUT2D eigenvalue weighted by Crippen LogP contribution is 2.29. The second-order valence-corrected chi connectivity index (χ2v) is 7.23. The summed E-state index contributed by atoms with van der Waals surface area (Å²) in [5.74, 6) is 2.01. The fourth-order valence-corrected chi connectivity index (χ4v) is 3.80. The molecule has 0 spiro atoms. The molecule has 3 heterocycles. The lowest BCUT2D eigenvalue weighted by atomic mass is 10.2. The molecule has 158 valence electrons. The number of hydrogen-bond acceptors (Lipinski definition) is 11. The van der Waals surface area contributed by atoms with E-state index in [0.717, 1.165) is 10.3 Å². The lowest BCUT2D eigenvalue weighted by Crippen LogP contribution is -2.47. The average molecular weight is 431 g/mol. The van der Waals surface area contributed by atoms with E-state index in [0.29, 0.717) is 49.2 Å². The first-order chi connectivity index (χ1) is 14.6. The number of nitrogens with one attached hydrogen (secondary N) is 1. The van der Waals surface area contributed by atoms with E-state index >= 15 is 0 Å². The minimum atomic E-state index is -0.608. The Kier molecular flexibility index (Phi) is 5.68. The number of aromatic nitrogens is 3. The summed E-state index contributed by atoms with van der Waals surface area (Å²) in [7, 11) is 3.07. The van der Waals surface area contributed by atoms with Gasteiger partial charge in [0.15, 0.2) is 10.6 Å². The van der Waals surface area contributed by atoms with Gasteiger partial charge in [0.1, 0.15) is 17.0 Å². The number of fused-ring (bicyclic) bond motifs is 1. The fourth-order valence-electron chi connectivity index (χ4n) is 3.14. The van der Waals surface area contributed by atoms with E-state index in [1.54, 1.807) is 35.9 Å². The number of hydrogen-bond donors (Lipinski definition) is 2. The predicted molar refractivity (Wildman–Crippen MR) is 113 cm³/mol. The van der Waals surface area contributed by atoms with Crippen LogP contribution in [0.1, 0.15) is 0 Å². The van der Waals surface area contributed by atoms with Gasteiger partial charge < -0.3 is 24.9 Å². The normalized spacial score (nSPS) is 14.5. The lowest BCUT2D eigenvalue weighted by Gasteiger charge is -2.33. The molecule has 1 saturated heterocycles. The average Bonchev–Trinajstić information content (AvgIpc) is 3.22. The Balaban J connectivity index is 1.37. The molecule has 1 aromatic carbocycles. The first kappa shape index (κ1) is 19.9. The van der Waals surface area contributed by atoms with Crippen molar-refractivity contribution in [1.82, 2.24) is 20.0 Å². The molecule has 1 aliphatic rings. The summed E-state index contributed by atoms with van der Waals surface area (Å²) in [4.78, 5) is 33.5. The van der Waals surface area contributed by atoms with Crippen LogP contribution in [0.5, 0.6) is 11.5 Å². The van der Waals surface area contributed by atoms with Crippen molar-refractivity contribution in [2.75, 3.05) is 56.3 Å². The van der Waals surface area contributed by atoms with Gasteiger partial charge in [0.25, 0.3) is 0 Å². The van der Waals surface area contributed by atoms with Crippen molar-refractivity contribution in [3.05, 3.63) is 23.7 Å². The number of piperazine rings is 1. The minimum absolute atomic E-state index is 0.215. The van der Waals surface area contributed by atoms with Gasteiger partial charge in [-0.05, 0) is 12.1 Å². The second kappa shape index (κ2) is 8.55. The maximum Gasteiger partial charge on any atom is 0.430 e. The number of nitrogens with two attached hydrogens (primary N) is 1. The first-order valence-corrected chi connectivity index (χ1v) is 10.0. The number of hydroxylamine groups is 2. The maximum atomic E-state index is 12.4. The summed E-state index contributed by atoms with van der Waals surface area (Å²) in [6.07, 6.45) is -0.608. The molecule has 11 nitrogen and oxygen atoms in total. The lowest BCUT2D eigenvalue weighted by molar-refractivity contribution is -0.0966. The molecule has 1 fully saturated rings. The number of carbonyl (C=O) groups excluding carboxylic acids is 1. The summed E-state index contributed by atoms with van der Waals surface area (Å²) in [6.45, 7) is 2.19. The SMILES string of the molecule is COc1ccc(OC)c(NC(=O)ON2CCN(c3nc(N)nc4scnc34)CC2)c1. The van der Waals surface area contributed by atoms with Crippen molar-refractivity contribution in [1.29, 1.82) is 0 Å². The number of rotatable bonds is 5. The Labute approximate surface area is 176 Å². The van der Waals surface area contributed by atoms with Crippen molar-refractivity contribution in [3.8, 4) is 11.5 Å². The predicted octanol–water partition coefficient (Wildman–Crippen LogP) is 1.97. The number of anilines is 3. The number of methoxy groups -OCH3 is 2. The van der Waals surface area contributed by atoms with Gasteiger partial charge in [0.2, 0.25) is 5.95 Å². The molecule has 30 heavy (non-hydrogen) atoms. The Morgan fingerprint density at radius 2 is 1.97 bits per heavy atom. The number of benzene rings is 1. The van der Waals surface area contributed by atoms with Crippen LogP contribution in [0.2, 0.25) is 0 Å². The second-order valence-electron chi connectivity index (χ2n) is 6.40. The molecule has 0 aliphatic carbocycles. The molecule has 0 bridgehead atoms. The molecule has 1 aliphatic heterocycles. The van der Waals surface area contributed by atoms with Gasteiger partial charge in [-0.3, -0.25) is 5.32 Å². The standard InChI is InChI=1S/C18H21N7O4S/c1-27-11-3-4-13(28-2)12(9-11)21-18(26)29-25-7-5-24(6-8-25)15-14-16(30-10-20-14)23-17(19)22-15/h3-4,9-10H,5-8H2,1-2H3,(H,21,26)(H2,19,22,23). The van der Waals surface area contributed by atoms with Gasteiger partial charge >= 0.3 is 6.09 Å². The molecule has 12 heteroatoms. The van der Waals surface area contributed by atoms with Gasteiger partial charge in [0, 0.05) is 19.2 Å². The van der Waals surface area contributed by atoms with Crippen LogP contribution in [-0.4, -0.2) is 66.5 Å². The Hall–Kier alpha value is -3.38. The van der Waals surface area contributed by atoms with E-state index in [2.05, 4.69) is 25.2 Å². The molecule has 3 aromatic rings. The van der Waals surface area contributed by atoms with E-state index in [4.69, 9.17) is 20.0 Å². The number of nitrogens with zero attached hydrogens (tertiary/aromatic N) is 5. The number of carbonyl (C=O) groups is 1. The zero-order valence-corrected chi connectivity index (χ0v) is 17.3. The molecule has 1 amide bonds. The molecule has 2 aromatic heterocycles. The monoisotopic (exact) mass is 431 g/mol. The third kappa shape index (κ3) is 4.14. The molecule has 0 saturated carbocycles. The van der Waals surface area contributed by atoms with Crippen molar-refractivity contribution < 1.29 is 19.1 Å². The number of nitrogen functional groups attached to an aromatic ring is 1. The van der Waals surface area contributed by atoms with Crippen LogP contribution in [0.4, 0.5) is 22.2 Å². The molecular formula is C18H21N7O4S. The van der Waals surface area contributed by atoms with E-state index in [9.17, 15) is 4.79 Å². The zero-order valence-electron chi connectivity index (χ0n) is 16.5. The highest BCUT2D eigenvalue weighted by molar-refractivity contribution is 7.16. The molecule has 3 N–H and O–H groups in total. The quantitative estimate of drug-likeness (QED) is 0.619. The molecule has 4 rings (SSSR count). The van der Waals surface area contributed by atoms with Crippen molar-refractivity contribution in [2.24, 2.45) is 0 Å². The van der Waals surface area contributed by atoms with Crippen LogP contribution in [0.25, 0.3) is 10.3 Å². The molecule has 0 atom stereocenters. The Morgan fingerprint density at radius 1 is 1.17 bits per heavy atom. The molecule has 0 radical (unpaired) electrons. The summed E-state index contributed by atoms with van der Waals surface area (Å²) < 4.78 is 10.4. The van der Waals surface area contributed by atoms with Crippen molar-refractivity contribution in [3.63, 3.8) is 0 Å². The molecular weight excluding hydrogens is 410 g/mol.